The van der Waals surface area contributed by atoms with Crippen molar-refractivity contribution >= 4 is 95.2 Å². The van der Waals surface area contributed by atoms with Crippen molar-refractivity contribution in [2.24, 2.45) is 0 Å². The zero-order chi connectivity index (χ0) is 59.7. The molecule has 0 saturated carbocycles. The minimum absolute atomic E-state index is 0.00633. The van der Waals surface area contributed by atoms with Gasteiger partial charge < -0.3 is 34.2 Å². The average molecular weight is 1230 g/mol. The molecule has 1 aromatic heterocycles. The van der Waals surface area contributed by atoms with E-state index in [0.29, 0.717) is 50.8 Å². The number of ether oxygens (including phenoxy) is 3. The van der Waals surface area contributed by atoms with E-state index in [2.05, 4.69) is 0 Å². The van der Waals surface area contributed by atoms with E-state index < -0.39 is 104 Å². The fourth-order valence-electron chi connectivity index (χ4n) is 10.1. The Morgan fingerprint density at radius 2 is 1.17 bits per heavy atom. The van der Waals surface area contributed by atoms with Crippen molar-refractivity contribution in [3.63, 3.8) is 0 Å². The third-order valence-electron chi connectivity index (χ3n) is 13.6. The van der Waals surface area contributed by atoms with Crippen LogP contribution in [0.2, 0.25) is 0 Å². The summed E-state index contributed by atoms with van der Waals surface area (Å²) in [7, 11) is -23.2. The minimum Gasteiger partial charge on any atom is -0.492 e. The van der Waals surface area contributed by atoms with Crippen LogP contribution in [0.1, 0.15) is 51.2 Å². The van der Waals surface area contributed by atoms with Gasteiger partial charge in [-0.25, -0.2) is 4.79 Å². The molecule has 0 amide bonds. The van der Waals surface area contributed by atoms with E-state index >= 15 is 0 Å². The third kappa shape index (κ3) is 13.8. The number of hydrogen-bond donors (Lipinski definition) is 7. The Morgan fingerprint density at radius 3 is 1.73 bits per heavy atom. The SMILES string of the molecule is COCCN1C(=CC=CC=CC=CC2=[N+](CCOCCOCCC(=O)On3c(O)ccc3O)c3ccc4c(S(=O)(=O)O)cc(S(=O)(=O)O)cc4c3C2(C)C)C(C)(CCCS(=O)(=O)O)c2c1ccc1c(S(=O)(=O)O)cc(S(=O)(=O)O)cc21. The molecular formula is C51H58N3O22S5+. The molecule has 0 saturated heterocycles. The lowest BCUT2D eigenvalue weighted by molar-refractivity contribution is -0.442. The Morgan fingerprint density at radius 1 is 0.630 bits per heavy atom. The first-order valence-corrected chi connectivity index (χ1v) is 31.7. The van der Waals surface area contributed by atoms with Crippen molar-refractivity contribution in [3.8, 4) is 11.8 Å². The molecular weight excluding hydrogens is 1170 g/mol. The lowest BCUT2D eigenvalue weighted by Gasteiger charge is -2.30. The molecule has 438 valence electrons. The van der Waals surface area contributed by atoms with E-state index in [1.807, 2.05) is 9.48 Å². The van der Waals surface area contributed by atoms with Gasteiger partial charge in [0.15, 0.2) is 12.3 Å². The average Bonchev–Trinajstić information content (AvgIpc) is 3.68. The number of anilines is 1. The van der Waals surface area contributed by atoms with Crippen molar-refractivity contribution in [2.75, 3.05) is 63.9 Å². The molecule has 5 aromatic rings. The van der Waals surface area contributed by atoms with Crippen molar-refractivity contribution < 1.29 is 103 Å². The second kappa shape index (κ2) is 23.8. The van der Waals surface area contributed by atoms with Gasteiger partial charge in [0.05, 0.1) is 53.8 Å². The number of allylic oxidation sites excluding steroid dienone is 8. The molecule has 1 atom stereocenters. The van der Waals surface area contributed by atoms with E-state index in [1.54, 1.807) is 75.4 Å². The topological polar surface area (TPSA) is 377 Å². The van der Waals surface area contributed by atoms with Crippen LogP contribution in [0.4, 0.5) is 11.4 Å². The Bertz CT molecular complexity index is 4050. The minimum atomic E-state index is -5.09. The second-order valence-corrected chi connectivity index (χ2v) is 26.5. The highest BCUT2D eigenvalue weighted by molar-refractivity contribution is 7.87. The molecule has 0 spiro atoms. The van der Waals surface area contributed by atoms with Crippen LogP contribution in [-0.2, 0) is 80.4 Å². The summed E-state index contributed by atoms with van der Waals surface area (Å²) in [5.41, 5.74) is 0.503. The van der Waals surface area contributed by atoms with Crippen LogP contribution < -0.4 is 9.74 Å². The number of hydrogen-bond acceptors (Lipinski definition) is 18. The third-order valence-corrected chi connectivity index (χ3v) is 17.9. The van der Waals surface area contributed by atoms with Gasteiger partial charge in [0.25, 0.3) is 50.6 Å². The van der Waals surface area contributed by atoms with Crippen molar-refractivity contribution in [1.82, 2.24) is 4.73 Å². The maximum Gasteiger partial charge on any atom is 0.335 e. The zero-order valence-electron chi connectivity index (χ0n) is 43.7. The Hall–Kier alpha value is -6.39. The summed E-state index contributed by atoms with van der Waals surface area (Å²) in [6.45, 7) is 5.85. The van der Waals surface area contributed by atoms with E-state index in [0.717, 1.165) is 24.3 Å². The number of carbonyl (C=O) groups excluding carboxylic acids is 1. The molecule has 0 fully saturated rings. The molecule has 7 N–H and O–H groups in total. The largest absolute Gasteiger partial charge is 0.492 e. The van der Waals surface area contributed by atoms with Gasteiger partial charge in [0.2, 0.25) is 17.4 Å². The van der Waals surface area contributed by atoms with Gasteiger partial charge in [-0.3, -0.25) is 22.8 Å². The summed E-state index contributed by atoms with van der Waals surface area (Å²) < 4.78 is 194. The molecule has 0 aliphatic carbocycles. The monoisotopic (exact) mass is 1220 g/mol. The summed E-state index contributed by atoms with van der Waals surface area (Å²) in [5.74, 6) is -2.44. The van der Waals surface area contributed by atoms with E-state index in [-0.39, 0.29) is 86.9 Å². The van der Waals surface area contributed by atoms with Gasteiger partial charge in [-0.2, -0.15) is 46.7 Å². The van der Waals surface area contributed by atoms with Gasteiger partial charge in [-0.05, 0) is 92.4 Å². The molecule has 81 heavy (non-hydrogen) atoms. The predicted molar refractivity (Wildman–Crippen MR) is 293 cm³/mol. The first-order valence-electron chi connectivity index (χ1n) is 24.4. The molecule has 30 heteroatoms. The van der Waals surface area contributed by atoms with Crippen molar-refractivity contribution in [2.45, 2.75) is 70.4 Å². The Labute approximate surface area is 467 Å². The standard InChI is InChI=1S/C51H57N3O22S5/c1-50(2)43(52(22-25-75-27-26-74-23-19-47(57)76-54-45(55)17-18-46(54)56)39-15-13-35-37(48(39)50)29-33(78(61,62)63)31-41(35)80(67,68)69)11-8-6-5-7-9-12-44-51(3,20-10-28-77(58,59)60)49-38-30-34(79(64,65)66)32-42(81(70,71)72)36(38)14-16-40(49)53(44)21-24-73-4/h5-9,11-18,29-32H,10,19-28H2,1-4H3,(H6-,55,56,58,59,60,61,62,63,64,65,66,67,68,69,70,71,72)/p+1. The highest BCUT2D eigenvalue weighted by Crippen LogP contribution is 2.54. The summed E-state index contributed by atoms with van der Waals surface area (Å²) in [4.78, 5) is 15.7. The first-order chi connectivity index (χ1) is 37.7. The molecule has 3 heterocycles. The number of aromatic nitrogens is 1. The van der Waals surface area contributed by atoms with Crippen LogP contribution in [0, 0.1) is 0 Å². The van der Waals surface area contributed by atoms with Crippen LogP contribution in [0.3, 0.4) is 0 Å². The molecule has 2 aliphatic heterocycles. The Kier molecular flexibility index (Phi) is 18.3. The number of aromatic hydroxyl groups is 2. The van der Waals surface area contributed by atoms with Crippen LogP contribution in [0.25, 0.3) is 21.5 Å². The number of rotatable bonds is 25. The molecule has 25 nitrogen and oxygen atoms in total. The quantitative estimate of drug-likeness (QED) is 0.0169. The molecule has 1 unspecified atom stereocenters. The highest BCUT2D eigenvalue weighted by Gasteiger charge is 2.47. The molecule has 0 radical (unpaired) electrons. The van der Waals surface area contributed by atoms with Gasteiger partial charge >= 0.3 is 5.97 Å². The van der Waals surface area contributed by atoms with E-state index in [4.69, 9.17) is 19.0 Å². The lowest BCUT2D eigenvalue weighted by atomic mass is 9.75. The summed E-state index contributed by atoms with van der Waals surface area (Å²) in [5, 5.41) is 19.4. The normalized spacial score (nSPS) is 17.5. The summed E-state index contributed by atoms with van der Waals surface area (Å²) >= 11 is 0. The molecule has 7 rings (SSSR count). The number of nitrogens with zero attached hydrogens (tertiary/aromatic N) is 3. The van der Waals surface area contributed by atoms with Gasteiger partial charge in [-0.1, -0.05) is 36.4 Å². The fourth-order valence-corrected chi connectivity index (χ4v) is 13.3. The fraction of sp³-hybridized carbons (Fsp3) is 0.333. The van der Waals surface area contributed by atoms with E-state index in [9.17, 15) is 79.9 Å². The maximum absolute atomic E-state index is 12.7. The van der Waals surface area contributed by atoms with E-state index in [1.165, 1.54) is 19.2 Å². The first kappa shape index (κ1) is 62.2. The van der Waals surface area contributed by atoms with Crippen LogP contribution in [0.15, 0.2) is 128 Å². The number of benzene rings is 4. The van der Waals surface area contributed by atoms with Crippen LogP contribution in [-0.4, -0.2) is 155 Å². The van der Waals surface area contributed by atoms with Crippen molar-refractivity contribution in [3.05, 3.63) is 120 Å². The number of carbonyl (C=O) groups is 1. The number of fused-ring (bicyclic) bond motifs is 6. The maximum atomic E-state index is 12.7. The second-order valence-electron chi connectivity index (χ2n) is 19.3. The number of methoxy groups -OCH3 is 1. The van der Waals surface area contributed by atoms with Gasteiger partial charge in [0, 0.05) is 71.1 Å². The van der Waals surface area contributed by atoms with Gasteiger partial charge in [0.1, 0.15) is 16.4 Å². The lowest BCUT2D eigenvalue weighted by Crippen LogP contribution is -2.31. The predicted octanol–water partition coefficient (Wildman–Crippen LogP) is 5.29. The van der Waals surface area contributed by atoms with Gasteiger partial charge in [-0.15, -0.1) is 4.73 Å². The zero-order valence-corrected chi connectivity index (χ0v) is 47.8. The summed E-state index contributed by atoms with van der Waals surface area (Å²) in [6, 6.07) is 11.6. The molecule has 0 bridgehead atoms. The van der Waals surface area contributed by atoms with Crippen LogP contribution in [0.5, 0.6) is 11.8 Å². The highest BCUT2D eigenvalue weighted by atomic mass is 32.2. The smallest absolute Gasteiger partial charge is 0.335 e. The molecule has 2 aliphatic rings. The molecule has 4 aromatic carbocycles. The Balaban J connectivity index is 1.21. The van der Waals surface area contributed by atoms with Crippen LogP contribution >= 0.6 is 0 Å². The summed E-state index contributed by atoms with van der Waals surface area (Å²) in [6.07, 6.45) is 11.4. The van der Waals surface area contributed by atoms with Crippen molar-refractivity contribution in [1.29, 1.82) is 0 Å².